The van der Waals surface area contributed by atoms with E-state index >= 15 is 0 Å². The van der Waals surface area contributed by atoms with Crippen LogP contribution < -0.4 is 0 Å². The Bertz CT molecular complexity index is 1250. The fourth-order valence-corrected chi connectivity index (χ4v) is 4.90. The standard InChI is InChI=1S/C29H27N/c1-3-12-24-25(21-13-6-4-7-14-21)19-26(22-15-8-5-9-16-22)29(24)27-20-30(2)28-18-11-10-17-23(27)28/h4-11,13-18,20H,3,12,19H2,1-2H3. The summed E-state index contributed by atoms with van der Waals surface area (Å²) in [7, 11) is 2.16. The van der Waals surface area contributed by atoms with Crippen molar-refractivity contribution in [2.75, 3.05) is 0 Å². The lowest BCUT2D eigenvalue weighted by atomic mass is 9.91. The van der Waals surface area contributed by atoms with Gasteiger partial charge in [0.05, 0.1) is 0 Å². The monoisotopic (exact) mass is 389 g/mol. The van der Waals surface area contributed by atoms with E-state index in [1.807, 2.05) is 0 Å². The first-order valence-corrected chi connectivity index (χ1v) is 10.9. The van der Waals surface area contributed by atoms with Crippen LogP contribution in [0.25, 0.3) is 27.6 Å². The Morgan fingerprint density at radius 3 is 2.00 bits per heavy atom. The summed E-state index contributed by atoms with van der Waals surface area (Å²) in [5, 5.41) is 1.34. The van der Waals surface area contributed by atoms with Gasteiger partial charge in [-0.1, -0.05) is 92.2 Å². The van der Waals surface area contributed by atoms with Crippen LogP contribution in [0.15, 0.2) is 96.7 Å². The van der Waals surface area contributed by atoms with Crippen molar-refractivity contribution in [2.24, 2.45) is 7.05 Å². The number of rotatable bonds is 5. The second kappa shape index (κ2) is 7.84. The molecule has 0 amide bonds. The molecule has 0 aliphatic heterocycles. The maximum Gasteiger partial charge on any atom is 0.0484 e. The van der Waals surface area contributed by atoms with Gasteiger partial charge in [0.2, 0.25) is 0 Å². The van der Waals surface area contributed by atoms with Crippen molar-refractivity contribution in [3.05, 3.63) is 113 Å². The maximum atomic E-state index is 2.33. The fourth-order valence-electron chi connectivity index (χ4n) is 4.90. The molecule has 0 saturated heterocycles. The number of aromatic nitrogens is 1. The molecular weight excluding hydrogens is 362 g/mol. The van der Waals surface area contributed by atoms with E-state index in [4.69, 9.17) is 0 Å². The number of hydrogen-bond acceptors (Lipinski definition) is 0. The lowest BCUT2D eigenvalue weighted by Crippen LogP contribution is -1.92. The molecule has 1 aliphatic rings. The molecule has 3 aromatic carbocycles. The van der Waals surface area contributed by atoms with Crippen molar-refractivity contribution >= 4 is 27.6 Å². The minimum Gasteiger partial charge on any atom is -0.350 e. The lowest BCUT2D eigenvalue weighted by Gasteiger charge is -2.12. The third kappa shape index (κ3) is 3.11. The molecule has 148 valence electrons. The third-order valence-electron chi connectivity index (χ3n) is 6.23. The molecule has 0 N–H and O–H groups in total. The van der Waals surface area contributed by atoms with E-state index in [0.29, 0.717) is 0 Å². The smallest absolute Gasteiger partial charge is 0.0484 e. The van der Waals surface area contributed by atoms with E-state index in [9.17, 15) is 0 Å². The number of para-hydroxylation sites is 1. The van der Waals surface area contributed by atoms with Crippen LogP contribution in [0.3, 0.4) is 0 Å². The van der Waals surface area contributed by atoms with Crippen LogP contribution in [0.4, 0.5) is 0 Å². The zero-order valence-electron chi connectivity index (χ0n) is 17.7. The van der Waals surface area contributed by atoms with Gasteiger partial charge in [-0.15, -0.1) is 0 Å². The van der Waals surface area contributed by atoms with E-state index < -0.39 is 0 Å². The van der Waals surface area contributed by atoms with Crippen molar-refractivity contribution in [1.82, 2.24) is 4.57 Å². The van der Waals surface area contributed by atoms with Gasteiger partial charge in [0.1, 0.15) is 0 Å². The van der Waals surface area contributed by atoms with Crippen molar-refractivity contribution in [1.29, 1.82) is 0 Å². The van der Waals surface area contributed by atoms with E-state index in [1.165, 1.54) is 49.9 Å². The van der Waals surface area contributed by atoms with Crippen LogP contribution >= 0.6 is 0 Å². The first-order valence-electron chi connectivity index (χ1n) is 10.9. The first-order chi connectivity index (χ1) is 14.8. The van der Waals surface area contributed by atoms with Crippen LogP contribution in [0.2, 0.25) is 0 Å². The molecule has 1 nitrogen and oxygen atoms in total. The van der Waals surface area contributed by atoms with Crippen LogP contribution in [0.5, 0.6) is 0 Å². The van der Waals surface area contributed by atoms with Gasteiger partial charge < -0.3 is 4.57 Å². The topological polar surface area (TPSA) is 4.93 Å². The van der Waals surface area contributed by atoms with Crippen molar-refractivity contribution in [2.45, 2.75) is 26.2 Å². The largest absolute Gasteiger partial charge is 0.350 e. The second-order valence-electron chi connectivity index (χ2n) is 8.14. The Balaban J connectivity index is 1.81. The fraction of sp³-hybridized carbons (Fsp3) is 0.172. The predicted octanol–water partition coefficient (Wildman–Crippen LogP) is 7.75. The van der Waals surface area contributed by atoms with E-state index in [2.05, 4.69) is 110 Å². The number of benzene rings is 3. The molecule has 1 heteroatoms. The summed E-state index contributed by atoms with van der Waals surface area (Å²) >= 11 is 0. The minimum absolute atomic E-state index is 0.988. The summed E-state index contributed by atoms with van der Waals surface area (Å²) in [4.78, 5) is 0. The SMILES string of the molecule is CCCC1=C(c2ccccc2)CC(c2ccccc2)=C1c1cn(C)c2ccccc12. The maximum absolute atomic E-state index is 2.33. The molecule has 0 unspecified atom stereocenters. The summed E-state index contributed by atoms with van der Waals surface area (Å²) < 4.78 is 2.27. The molecule has 0 spiro atoms. The Hall–Kier alpha value is -3.32. The lowest BCUT2D eigenvalue weighted by molar-refractivity contribution is 0.932. The predicted molar refractivity (Wildman–Crippen MR) is 129 cm³/mol. The van der Waals surface area contributed by atoms with Gasteiger partial charge in [-0.2, -0.15) is 0 Å². The van der Waals surface area contributed by atoms with Gasteiger partial charge in [0.15, 0.2) is 0 Å². The summed E-state index contributed by atoms with van der Waals surface area (Å²) in [6.07, 6.45) is 5.55. The van der Waals surface area contributed by atoms with E-state index in [0.717, 1.165) is 19.3 Å². The quantitative estimate of drug-likeness (QED) is 0.329. The van der Waals surface area contributed by atoms with E-state index in [1.54, 1.807) is 0 Å². The number of allylic oxidation sites excluding steroid dienone is 4. The summed E-state index contributed by atoms with van der Waals surface area (Å²) in [6, 6.07) is 30.7. The highest BCUT2D eigenvalue weighted by Gasteiger charge is 2.28. The highest BCUT2D eigenvalue weighted by molar-refractivity contribution is 6.14. The zero-order chi connectivity index (χ0) is 20.5. The van der Waals surface area contributed by atoms with Crippen LogP contribution in [0.1, 0.15) is 42.9 Å². The average Bonchev–Trinajstić information content (AvgIpc) is 3.33. The summed E-state index contributed by atoms with van der Waals surface area (Å²) in [5.74, 6) is 0. The molecule has 4 aromatic rings. The van der Waals surface area contributed by atoms with Gasteiger partial charge in [-0.3, -0.25) is 0 Å². The molecule has 0 atom stereocenters. The Labute approximate surface area is 179 Å². The van der Waals surface area contributed by atoms with Crippen molar-refractivity contribution in [3.63, 3.8) is 0 Å². The number of aryl methyl sites for hydroxylation is 1. The summed E-state index contributed by atoms with van der Waals surface area (Å²) in [6.45, 7) is 2.29. The Kier molecular flexibility index (Phi) is 4.88. The van der Waals surface area contributed by atoms with Gasteiger partial charge in [-0.05, 0) is 52.3 Å². The highest BCUT2D eigenvalue weighted by Crippen LogP contribution is 2.50. The Morgan fingerprint density at radius 2 is 1.33 bits per heavy atom. The van der Waals surface area contributed by atoms with Crippen molar-refractivity contribution in [3.8, 4) is 0 Å². The molecule has 1 aliphatic carbocycles. The molecule has 5 rings (SSSR count). The highest BCUT2D eigenvalue weighted by atomic mass is 14.9. The average molecular weight is 390 g/mol. The van der Waals surface area contributed by atoms with Gasteiger partial charge >= 0.3 is 0 Å². The first kappa shape index (κ1) is 18.7. The van der Waals surface area contributed by atoms with Gasteiger partial charge in [0.25, 0.3) is 0 Å². The van der Waals surface area contributed by atoms with Crippen molar-refractivity contribution < 1.29 is 0 Å². The molecule has 1 aromatic heterocycles. The normalized spacial score (nSPS) is 14.2. The second-order valence-corrected chi connectivity index (χ2v) is 8.14. The molecule has 0 bridgehead atoms. The van der Waals surface area contributed by atoms with Crippen LogP contribution in [-0.4, -0.2) is 4.57 Å². The number of nitrogens with zero attached hydrogens (tertiary/aromatic N) is 1. The number of hydrogen-bond donors (Lipinski definition) is 0. The molecular formula is C29H27N. The third-order valence-corrected chi connectivity index (χ3v) is 6.23. The molecule has 1 heterocycles. The van der Waals surface area contributed by atoms with Gasteiger partial charge in [-0.25, -0.2) is 0 Å². The zero-order valence-corrected chi connectivity index (χ0v) is 17.7. The van der Waals surface area contributed by atoms with Crippen LogP contribution in [-0.2, 0) is 7.05 Å². The van der Waals surface area contributed by atoms with Gasteiger partial charge in [0, 0.05) is 29.7 Å². The molecule has 0 saturated carbocycles. The van der Waals surface area contributed by atoms with Crippen LogP contribution in [0, 0.1) is 0 Å². The minimum atomic E-state index is 0.988. The molecule has 0 radical (unpaired) electrons. The summed E-state index contributed by atoms with van der Waals surface area (Å²) in [5.41, 5.74) is 11.2. The molecule has 0 fully saturated rings. The van der Waals surface area contributed by atoms with E-state index in [-0.39, 0.29) is 0 Å². The number of fused-ring (bicyclic) bond motifs is 1. The molecule has 30 heavy (non-hydrogen) atoms. The Morgan fingerprint density at radius 1 is 0.733 bits per heavy atom.